The molecule has 1 aliphatic rings. The molecule has 3 rings (SSSR count). The molecule has 0 spiro atoms. The SMILES string of the molecule is CNCC1CCCCCC1c1cc2cccc(C)c2o1. The minimum atomic E-state index is 0.580. The summed E-state index contributed by atoms with van der Waals surface area (Å²) in [5.74, 6) is 2.50. The Balaban J connectivity index is 1.96. The first-order valence-corrected chi connectivity index (χ1v) is 7.93. The lowest BCUT2D eigenvalue weighted by atomic mass is 9.86. The van der Waals surface area contributed by atoms with Crippen molar-refractivity contribution in [2.45, 2.75) is 44.9 Å². The second kappa shape index (κ2) is 6.01. The van der Waals surface area contributed by atoms with Crippen LogP contribution in [0.1, 0.15) is 49.3 Å². The van der Waals surface area contributed by atoms with E-state index in [1.807, 2.05) is 0 Å². The minimum absolute atomic E-state index is 0.580. The van der Waals surface area contributed by atoms with Crippen molar-refractivity contribution in [3.8, 4) is 0 Å². The fourth-order valence-corrected chi connectivity index (χ4v) is 3.68. The second-order valence-electron chi connectivity index (χ2n) is 6.20. The fraction of sp³-hybridized carbons (Fsp3) is 0.556. The van der Waals surface area contributed by atoms with Crippen molar-refractivity contribution in [3.63, 3.8) is 0 Å². The molecular formula is C18H25NO. The van der Waals surface area contributed by atoms with Crippen molar-refractivity contribution < 1.29 is 4.42 Å². The number of aryl methyl sites for hydroxylation is 1. The van der Waals surface area contributed by atoms with E-state index in [0.717, 1.165) is 12.1 Å². The standard InChI is InChI=1S/C18H25NO/c1-13-7-6-9-14-11-17(20-18(13)14)16-10-5-3-4-8-15(16)12-19-2/h6-7,9,11,15-16,19H,3-5,8,10,12H2,1-2H3. The highest BCUT2D eigenvalue weighted by molar-refractivity contribution is 5.81. The summed E-state index contributed by atoms with van der Waals surface area (Å²) >= 11 is 0. The Morgan fingerprint density at radius 1 is 1.20 bits per heavy atom. The summed E-state index contributed by atoms with van der Waals surface area (Å²) in [6.45, 7) is 3.23. The molecule has 1 N–H and O–H groups in total. The quantitative estimate of drug-likeness (QED) is 0.824. The van der Waals surface area contributed by atoms with E-state index >= 15 is 0 Å². The van der Waals surface area contributed by atoms with E-state index in [-0.39, 0.29) is 0 Å². The number of furan rings is 1. The predicted octanol–water partition coefficient (Wildman–Crippen LogP) is 4.62. The third-order valence-electron chi connectivity index (χ3n) is 4.75. The van der Waals surface area contributed by atoms with Crippen LogP contribution in [-0.2, 0) is 0 Å². The van der Waals surface area contributed by atoms with Crippen LogP contribution in [0.4, 0.5) is 0 Å². The number of nitrogens with one attached hydrogen (secondary N) is 1. The molecule has 2 atom stereocenters. The van der Waals surface area contributed by atoms with Gasteiger partial charge in [0.25, 0.3) is 0 Å². The molecular weight excluding hydrogens is 246 g/mol. The Kier molecular flexibility index (Phi) is 4.11. The molecule has 0 saturated heterocycles. The molecule has 1 fully saturated rings. The van der Waals surface area contributed by atoms with E-state index in [9.17, 15) is 0 Å². The fourth-order valence-electron chi connectivity index (χ4n) is 3.68. The highest BCUT2D eigenvalue weighted by Crippen LogP contribution is 2.39. The zero-order chi connectivity index (χ0) is 13.9. The van der Waals surface area contributed by atoms with Gasteiger partial charge >= 0.3 is 0 Å². The maximum atomic E-state index is 6.24. The average molecular weight is 271 g/mol. The van der Waals surface area contributed by atoms with E-state index in [1.165, 1.54) is 48.8 Å². The minimum Gasteiger partial charge on any atom is -0.460 e. The lowest BCUT2D eigenvalue weighted by molar-refractivity contribution is 0.341. The van der Waals surface area contributed by atoms with Crippen molar-refractivity contribution in [2.24, 2.45) is 5.92 Å². The number of hydrogen-bond acceptors (Lipinski definition) is 2. The van der Waals surface area contributed by atoms with Crippen LogP contribution in [0.5, 0.6) is 0 Å². The molecule has 0 amide bonds. The molecule has 20 heavy (non-hydrogen) atoms. The zero-order valence-electron chi connectivity index (χ0n) is 12.6. The lowest BCUT2D eigenvalue weighted by Gasteiger charge is -2.23. The van der Waals surface area contributed by atoms with Crippen LogP contribution < -0.4 is 5.32 Å². The summed E-state index contributed by atoms with van der Waals surface area (Å²) in [5.41, 5.74) is 2.32. The molecule has 1 aromatic heterocycles. The van der Waals surface area contributed by atoms with Gasteiger partial charge in [0.1, 0.15) is 11.3 Å². The van der Waals surface area contributed by atoms with Crippen LogP contribution in [0.15, 0.2) is 28.7 Å². The molecule has 1 saturated carbocycles. The normalized spacial score (nSPS) is 23.9. The number of benzene rings is 1. The van der Waals surface area contributed by atoms with Crippen LogP contribution in [0, 0.1) is 12.8 Å². The van der Waals surface area contributed by atoms with E-state index < -0.39 is 0 Å². The zero-order valence-corrected chi connectivity index (χ0v) is 12.6. The topological polar surface area (TPSA) is 25.2 Å². The number of fused-ring (bicyclic) bond motifs is 1. The first-order chi connectivity index (χ1) is 9.79. The largest absolute Gasteiger partial charge is 0.460 e. The van der Waals surface area contributed by atoms with Gasteiger partial charge in [0.05, 0.1) is 0 Å². The van der Waals surface area contributed by atoms with Crippen molar-refractivity contribution in [2.75, 3.05) is 13.6 Å². The Bertz CT molecular complexity index is 572. The highest BCUT2D eigenvalue weighted by Gasteiger charge is 2.27. The Labute approximate surface area is 121 Å². The molecule has 108 valence electrons. The average Bonchev–Trinajstić information content (AvgIpc) is 2.74. The predicted molar refractivity (Wildman–Crippen MR) is 84.2 cm³/mol. The Hall–Kier alpha value is -1.28. The van der Waals surface area contributed by atoms with Crippen LogP contribution in [0.3, 0.4) is 0 Å². The maximum Gasteiger partial charge on any atom is 0.137 e. The van der Waals surface area contributed by atoms with E-state index in [2.05, 4.69) is 43.6 Å². The van der Waals surface area contributed by atoms with Gasteiger partial charge in [-0.2, -0.15) is 0 Å². The van der Waals surface area contributed by atoms with Crippen LogP contribution >= 0.6 is 0 Å². The van der Waals surface area contributed by atoms with Gasteiger partial charge in [0, 0.05) is 11.3 Å². The van der Waals surface area contributed by atoms with Gasteiger partial charge in [-0.3, -0.25) is 0 Å². The van der Waals surface area contributed by atoms with E-state index in [0.29, 0.717) is 11.8 Å². The molecule has 1 aliphatic carbocycles. The van der Waals surface area contributed by atoms with Gasteiger partial charge in [-0.05, 0) is 50.9 Å². The third-order valence-corrected chi connectivity index (χ3v) is 4.75. The molecule has 0 aliphatic heterocycles. The van der Waals surface area contributed by atoms with Crippen LogP contribution in [0.25, 0.3) is 11.0 Å². The second-order valence-corrected chi connectivity index (χ2v) is 6.20. The van der Waals surface area contributed by atoms with E-state index in [4.69, 9.17) is 4.42 Å². The smallest absolute Gasteiger partial charge is 0.137 e. The van der Waals surface area contributed by atoms with Crippen LogP contribution in [-0.4, -0.2) is 13.6 Å². The maximum absolute atomic E-state index is 6.24. The molecule has 1 aromatic carbocycles. The van der Waals surface area contributed by atoms with Crippen molar-refractivity contribution in [1.82, 2.24) is 5.32 Å². The molecule has 0 radical (unpaired) electrons. The lowest BCUT2D eigenvalue weighted by Crippen LogP contribution is -2.23. The first-order valence-electron chi connectivity index (χ1n) is 7.93. The summed E-state index contributed by atoms with van der Waals surface area (Å²) in [4.78, 5) is 0. The Morgan fingerprint density at radius 3 is 2.85 bits per heavy atom. The summed E-state index contributed by atoms with van der Waals surface area (Å²) in [6, 6.07) is 8.70. The molecule has 1 heterocycles. The van der Waals surface area contributed by atoms with Crippen molar-refractivity contribution in [1.29, 1.82) is 0 Å². The van der Waals surface area contributed by atoms with Crippen LogP contribution in [0.2, 0.25) is 0 Å². The van der Waals surface area contributed by atoms with Gasteiger partial charge in [-0.1, -0.05) is 37.5 Å². The van der Waals surface area contributed by atoms with Gasteiger partial charge in [-0.25, -0.2) is 0 Å². The third kappa shape index (κ3) is 2.62. The molecule has 2 aromatic rings. The van der Waals surface area contributed by atoms with Crippen molar-refractivity contribution >= 4 is 11.0 Å². The Morgan fingerprint density at radius 2 is 2.05 bits per heavy atom. The molecule has 2 unspecified atom stereocenters. The first kappa shape index (κ1) is 13.7. The number of hydrogen-bond donors (Lipinski definition) is 1. The summed E-state index contributed by atoms with van der Waals surface area (Å²) in [6.07, 6.45) is 6.66. The molecule has 2 heteroatoms. The summed E-state index contributed by atoms with van der Waals surface area (Å²) in [5, 5.41) is 4.63. The van der Waals surface area contributed by atoms with Gasteiger partial charge in [0.2, 0.25) is 0 Å². The highest BCUT2D eigenvalue weighted by atomic mass is 16.3. The summed E-state index contributed by atoms with van der Waals surface area (Å²) < 4.78 is 6.24. The number of para-hydroxylation sites is 1. The monoisotopic (exact) mass is 271 g/mol. The molecule has 0 bridgehead atoms. The summed E-state index contributed by atoms with van der Waals surface area (Å²) in [7, 11) is 2.06. The van der Waals surface area contributed by atoms with Crippen molar-refractivity contribution in [3.05, 3.63) is 35.6 Å². The van der Waals surface area contributed by atoms with E-state index in [1.54, 1.807) is 0 Å². The van der Waals surface area contributed by atoms with Gasteiger partial charge in [0.15, 0.2) is 0 Å². The van der Waals surface area contributed by atoms with Gasteiger partial charge in [-0.15, -0.1) is 0 Å². The molecule has 2 nitrogen and oxygen atoms in total. The van der Waals surface area contributed by atoms with Gasteiger partial charge < -0.3 is 9.73 Å². The number of rotatable bonds is 3.